The number of thiazole rings is 2. The Morgan fingerprint density at radius 1 is 1.17 bits per heavy atom. The van der Waals surface area contributed by atoms with Crippen LogP contribution < -0.4 is 0 Å². The van der Waals surface area contributed by atoms with Crippen molar-refractivity contribution in [1.29, 1.82) is 0 Å². The molecule has 1 amide bonds. The SMILES string of the molecule is Cc1cnc(-c2nccs2)c(C(=O)N2CCCN2Cc2ccc3nc(C)sc3c2)c1. The molecule has 8 heteroatoms. The van der Waals surface area contributed by atoms with Gasteiger partial charge in [-0.2, -0.15) is 0 Å². The normalized spacial score (nSPS) is 14.7. The number of hydrogen-bond donors (Lipinski definition) is 0. The lowest BCUT2D eigenvalue weighted by Crippen LogP contribution is -2.41. The van der Waals surface area contributed by atoms with Crippen molar-refractivity contribution in [3.8, 4) is 10.7 Å². The third kappa shape index (κ3) is 3.62. The van der Waals surface area contributed by atoms with Crippen molar-refractivity contribution in [2.45, 2.75) is 26.8 Å². The van der Waals surface area contributed by atoms with Crippen LogP contribution in [0.3, 0.4) is 0 Å². The fourth-order valence-electron chi connectivity index (χ4n) is 3.83. The number of carbonyl (C=O) groups excluding carboxylic acids is 1. The van der Waals surface area contributed by atoms with Crippen LogP contribution in [0.4, 0.5) is 0 Å². The third-order valence-corrected chi connectivity index (χ3v) is 6.89. The molecule has 1 aliphatic rings. The van der Waals surface area contributed by atoms with E-state index in [1.807, 2.05) is 30.3 Å². The van der Waals surface area contributed by atoms with Crippen molar-refractivity contribution in [1.82, 2.24) is 25.0 Å². The molecule has 1 aliphatic heterocycles. The summed E-state index contributed by atoms with van der Waals surface area (Å²) in [4.78, 5) is 27.0. The summed E-state index contributed by atoms with van der Waals surface area (Å²) in [6, 6.07) is 8.30. The van der Waals surface area contributed by atoms with E-state index in [9.17, 15) is 4.79 Å². The first-order valence-corrected chi connectivity index (χ1v) is 11.6. The molecule has 1 fully saturated rings. The highest BCUT2D eigenvalue weighted by atomic mass is 32.1. The maximum absolute atomic E-state index is 13.5. The lowest BCUT2D eigenvalue weighted by molar-refractivity contribution is 0.0171. The maximum Gasteiger partial charge on any atom is 0.270 e. The molecule has 0 spiro atoms. The standard InChI is InChI=1S/C22H21N5OS2/c1-14-10-17(20(24-12-14)21-23-6-9-29-21)22(28)27-8-3-7-26(27)13-16-4-5-18-19(11-16)30-15(2)25-18/h4-6,9-12H,3,7-8,13H2,1-2H3. The summed E-state index contributed by atoms with van der Waals surface area (Å²) < 4.78 is 1.19. The second-order valence-corrected chi connectivity index (χ2v) is 9.58. The Balaban J connectivity index is 1.43. The number of aryl methyl sites for hydroxylation is 2. The number of hydrazine groups is 1. The van der Waals surface area contributed by atoms with Gasteiger partial charge in [0.05, 0.1) is 20.8 Å². The van der Waals surface area contributed by atoms with Crippen molar-refractivity contribution >= 4 is 38.8 Å². The monoisotopic (exact) mass is 435 g/mol. The zero-order chi connectivity index (χ0) is 20.7. The first kappa shape index (κ1) is 19.3. The lowest BCUT2D eigenvalue weighted by atomic mass is 10.1. The van der Waals surface area contributed by atoms with Crippen LogP contribution in [0.1, 0.15) is 32.9 Å². The number of benzene rings is 1. The predicted molar refractivity (Wildman–Crippen MR) is 121 cm³/mol. The number of rotatable bonds is 4. The second kappa shape index (κ2) is 7.86. The van der Waals surface area contributed by atoms with Gasteiger partial charge in [0.15, 0.2) is 0 Å². The summed E-state index contributed by atoms with van der Waals surface area (Å²) >= 11 is 3.21. The zero-order valence-corrected chi connectivity index (χ0v) is 18.5. The smallest absolute Gasteiger partial charge is 0.270 e. The van der Waals surface area contributed by atoms with Gasteiger partial charge in [-0.15, -0.1) is 22.7 Å². The van der Waals surface area contributed by atoms with Crippen molar-refractivity contribution in [3.05, 3.63) is 63.7 Å². The van der Waals surface area contributed by atoms with E-state index >= 15 is 0 Å². The fraction of sp³-hybridized carbons (Fsp3) is 0.273. The molecule has 30 heavy (non-hydrogen) atoms. The highest BCUT2D eigenvalue weighted by molar-refractivity contribution is 7.18. The summed E-state index contributed by atoms with van der Waals surface area (Å²) in [5, 5.41) is 7.77. The molecule has 0 atom stereocenters. The van der Waals surface area contributed by atoms with Gasteiger partial charge < -0.3 is 0 Å². The Kier molecular flexibility index (Phi) is 5.06. The minimum atomic E-state index is -0.0105. The molecule has 0 saturated carbocycles. The Morgan fingerprint density at radius 3 is 2.90 bits per heavy atom. The number of amides is 1. The second-order valence-electron chi connectivity index (χ2n) is 7.45. The van der Waals surface area contributed by atoms with Crippen LogP contribution in [-0.4, -0.2) is 44.0 Å². The maximum atomic E-state index is 13.5. The van der Waals surface area contributed by atoms with Gasteiger partial charge in [0.2, 0.25) is 0 Å². The van der Waals surface area contributed by atoms with E-state index in [0.29, 0.717) is 24.3 Å². The van der Waals surface area contributed by atoms with Crippen molar-refractivity contribution in [3.63, 3.8) is 0 Å². The largest absolute Gasteiger partial charge is 0.271 e. The first-order valence-electron chi connectivity index (χ1n) is 9.88. The highest BCUT2D eigenvalue weighted by Crippen LogP contribution is 2.28. The summed E-state index contributed by atoms with van der Waals surface area (Å²) in [7, 11) is 0. The molecule has 4 heterocycles. The van der Waals surface area contributed by atoms with Gasteiger partial charge in [-0.3, -0.25) is 14.8 Å². The van der Waals surface area contributed by atoms with Crippen LogP contribution in [0.15, 0.2) is 42.0 Å². The van der Waals surface area contributed by atoms with E-state index in [4.69, 9.17) is 0 Å². The van der Waals surface area contributed by atoms with E-state index in [0.717, 1.165) is 34.1 Å². The van der Waals surface area contributed by atoms with Crippen LogP contribution in [0.25, 0.3) is 20.9 Å². The van der Waals surface area contributed by atoms with E-state index < -0.39 is 0 Å². The molecule has 0 aliphatic carbocycles. The number of carbonyl (C=O) groups is 1. The summed E-state index contributed by atoms with van der Waals surface area (Å²) in [6.07, 6.45) is 4.50. The molecule has 152 valence electrons. The molecule has 5 rings (SSSR count). The Bertz CT molecular complexity index is 1220. The molecule has 3 aromatic heterocycles. The molecule has 1 aromatic carbocycles. The summed E-state index contributed by atoms with van der Waals surface area (Å²) in [5.41, 5.74) is 4.47. The molecule has 6 nitrogen and oxygen atoms in total. The van der Waals surface area contributed by atoms with Crippen LogP contribution in [0.2, 0.25) is 0 Å². The quantitative estimate of drug-likeness (QED) is 0.465. The van der Waals surface area contributed by atoms with Crippen molar-refractivity contribution in [2.75, 3.05) is 13.1 Å². The average molecular weight is 436 g/mol. The summed E-state index contributed by atoms with van der Waals surface area (Å²) in [5.74, 6) is -0.0105. The van der Waals surface area contributed by atoms with Gasteiger partial charge in [-0.1, -0.05) is 6.07 Å². The minimum absolute atomic E-state index is 0.0105. The lowest BCUT2D eigenvalue weighted by Gasteiger charge is -2.28. The Labute approximate surface area is 182 Å². The van der Waals surface area contributed by atoms with E-state index in [1.54, 1.807) is 23.7 Å². The van der Waals surface area contributed by atoms with Gasteiger partial charge in [-0.25, -0.2) is 15.0 Å². The van der Waals surface area contributed by atoms with Crippen molar-refractivity contribution < 1.29 is 4.79 Å². The topological polar surface area (TPSA) is 62.2 Å². The van der Waals surface area contributed by atoms with Gasteiger partial charge in [0.1, 0.15) is 10.7 Å². The average Bonchev–Trinajstić information content (AvgIpc) is 3.47. The van der Waals surface area contributed by atoms with Crippen molar-refractivity contribution in [2.24, 2.45) is 0 Å². The fourth-order valence-corrected chi connectivity index (χ4v) is 5.37. The predicted octanol–water partition coefficient (Wildman–Crippen LogP) is 4.69. The van der Waals surface area contributed by atoms with Crippen LogP contribution in [0, 0.1) is 13.8 Å². The Morgan fingerprint density at radius 2 is 2.07 bits per heavy atom. The number of pyridine rings is 1. The molecular weight excluding hydrogens is 414 g/mol. The van der Waals surface area contributed by atoms with Gasteiger partial charge in [0.25, 0.3) is 5.91 Å². The molecule has 1 saturated heterocycles. The van der Waals surface area contributed by atoms with Crippen LogP contribution in [-0.2, 0) is 6.54 Å². The number of aromatic nitrogens is 3. The molecule has 0 radical (unpaired) electrons. The molecular formula is C22H21N5OS2. The van der Waals surface area contributed by atoms with Gasteiger partial charge in [-0.05, 0) is 49.6 Å². The Hall–Kier alpha value is -2.68. The van der Waals surface area contributed by atoms with E-state index in [1.165, 1.54) is 21.6 Å². The molecule has 0 unspecified atom stereocenters. The van der Waals surface area contributed by atoms with E-state index in [-0.39, 0.29) is 5.91 Å². The molecule has 4 aromatic rings. The first-order chi connectivity index (χ1) is 14.6. The minimum Gasteiger partial charge on any atom is -0.271 e. The summed E-state index contributed by atoms with van der Waals surface area (Å²) in [6.45, 7) is 6.26. The number of nitrogens with zero attached hydrogens (tertiary/aromatic N) is 5. The number of hydrogen-bond acceptors (Lipinski definition) is 7. The molecule has 0 bridgehead atoms. The molecule has 0 N–H and O–H groups in total. The zero-order valence-electron chi connectivity index (χ0n) is 16.8. The van der Waals surface area contributed by atoms with E-state index in [2.05, 4.69) is 38.2 Å². The van der Waals surface area contributed by atoms with Gasteiger partial charge in [0, 0.05) is 37.4 Å². The van der Waals surface area contributed by atoms with Crippen LogP contribution >= 0.6 is 22.7 Å². The van der Waals surface area contributed by atoms with Gasteiger partial charge >= 0.3 is 0 Å². The highest BCUT2D eigenvalue weighted by Gasteiger charge is 2.30. The number of fused-ring (bicyclic) bond motifs is 1. The van der Waals surface area contributed by atoms with Crippen LogP contribution in [0.5, 0.6) is 0 Å². The third-order valence-electron chi connectivity index (χ3n) is 5.18.